The van der Waals surface area contributed by atoms with Crippen molar-refractivity contribution in [3.05, 3.63) is 29.8 Å². The maximum atomic E-state index is 13.7. The van der Waals surface area contributed by atoms with Crippen molar-refractivity contribution in [2.45, 2.75) is 54.8 Å². The van der Waals surface area contributed by atoms with Gasteiger partial charge in [-0.05, 0) is 51.3 Å². The summed E-state index contributed by atoms with van der Waals surface area (Å²) in [6.07, 6.45) is 1.56. The van der Waals surface area contributed by atoms with E-state index >= 15 is 0 Å². The molecule has 0 radical (unpaired) electrons. The normalized spacial score (nSPS) is 25.5. The zero-order valence-electron chi connectivity index (χ0n) is 12.0. The molecule has 0 heterocycles. The monoisotopic (exact) mass is 315 g/mol. The predicted molar refractivity (Wildman–Crippen MR) is 78.5 cm³/mol. The number of rotatable bonds is 5. The van der Waals surface area contributed by atoms with Crippen LogP contribution in [0.3, 0.4) is 0 Å². The Balaban J connectivity index is 2.10. The summed E-state index contributed by atoms with van der Waals surface area (Å²) >= 11 is 1.22. The molecule has 1 aliphatic carbocycles. The zero-order valence-corrected chi connectivity index (χ0v) is 12.8. The Hall–Kier alpha value is -1.14. The van der Waals surface area contributed by atoms with Crippen molar-refractivity contribution in [3.63, 3.8) is 0 Å². The average Bonchev–Trinajstić information content (AvgIpc) is 2.77. The van der Waals surface area contributed by atoms with Crippen LogP contribution < -0.4 is 5.32 Å². The van der Waals surface area contributed by atoms with E-state index < -0.39 is 23.1 Å². The maximum Gasteiger partial charge on any atom is 0.323 e. The molecule has 1 aliphatic rings. The molecule has 0 amide bonds. The Morgan fingerprint density at radius 3 is 2.81 bits per heavy atom. The van der Waals surface area contributed by atoms with Crippen molar-refractivity contribution in [1.29, 1.82) is 0 Å². The third-order valence-corrected chi connectivity index (χ3v) is 4.93. The van der Waals surface area contributed by atoms with Crippen LogP contribution in [0.15, 0.2) is 23.1 Å². The van der Waals surface area contributed by atoms with Crippen LogP contribution in [0.25, 0.3) is 0 Å². The molecule has 2 unspecified atom stereocenters. The minimum atomic E-state index is -0.963. The van der Waals surface area contributed by atoms with Crippen molar-refractivity contribution in [2.24, 2.45) is 0 Å². The minimum Gasteiger partial charge on any atom is -0.480 e. The molecule has 0 spiro atoms. The van der Waals surface area contributed by atoms with Gasteiger partial charge in [-0.1, -0.05) is 0 Å². The molecule has 1 fully saturated rings. The van der Waals surface area contributed by atoms with E-state index in [1.807, 2.05) is 13.8 Å². The van der Waals surface area contributed by atoms with Crippen LogP contribution in [-0.4, -0.2) is 27.9 Å². The van der Waals surface area contributed by atoms with Gasteiger partial charge in [-0.15, -0.1) is 11.8 Å². The molecule has 0 saturated heterocycles. The van der Waals surface area contributed by atoms with Gasteiger partial charge in [-0.2, -0.15) is 0 Å². The third-order valence-electron chi connectivity index (χ3n) is 3.63. The molecule has 1 saturated carbocycles. The lowest BCUT2D eigenvalue weighted by molar-refractivity contribution is -0.145. The number of hydrogen-bond donors (Lipinski definition) is 2. The van der Waals surface area contributed by atoms with Gasteiger partial charge in [0.25, 0.3) is 0 Å². The average molecular weight is 315 g/mol. The Labute approximate surface area is 127 Å². The Bertz CT molecular complexity index is 538. The van der Waals surface area contributed by atoms with E-state index in [9.17, 15) is 18.7 Å². The number of benzene rings is 1. The number of thioether (sulfide) groups is 1. The number of carboxylic acid groups (broad SMARTS) is 1. The zero-order chi connectivity index (χ0) is 15.6. The fraction of sp³-hybridized carbons (Fsp3) is 0.533. The molecule has 0 aliphatic heterocycles. The molecule has 0 aromatic heterocycles. The molecule has 6 heteroatoms. The fourth-order valence-electron chi connectivity index (χ4n) is 2.79. The first-order valence-corrected chi connectivity index (χ1v) is 7.83. The van der Waals surface area contributed by atoms with Gasteiger partial charge in [-0.3, -0.25) is 10.1 Å². The highest BCUT2D eigenvalue weighted by Gasteiger charge is 2.46. The number of halogens is 2. The first-order chi connectivity index (χ1) is 9.82. The van der Waals surface area contributed by atoms with E-state index in [1.54, 1.807) is 0 Å². The highest BCUT2D eigenvalue weighted by atomic mass is 32.2. The maximum absolute atomic E-state index is 13.7. The number of aliphatic carboxylic acids is 1. The Morgan fingerprint density at radius 2 is 2.19 bits per heavy atom. The summed E-state index contributed by atoms with van der Waals surface area (Å²) in [5, 5.41) is 12.6. The fourth-order valence-corrected chi connectivity index (χ4v) is 4.11. The van der Waals surface area contributed by atoms with Crippen LogP contribution in [0, 0.1) is 11.6 Å². The molecule has 2 N–H and O–H groups in total. The summed E-state index contributed by atoms with van der Waals surface area (Å²) in [5.74, 6) is -1.83. The van der Waals surface area contributed by atoms with E-state index in [0.717, 1.165) is 18.2 Å². The number of carboxylic acids is 1. The first kappa shape index (κ1) is 16.2. The predicted octanol–water partition coefficient (Wildman–Crippen LogP) is 3.43. The van der Waals surface area contributed by atoms with Crippen molar-refractivity contribution >= 4 is 17.7 Å². The second kappa shape index (κ2) is 6.32. The molecule has 0 bridgehead atoms. The summed E-state index contributed by atoms with van der Waals surface area (Å²) in [7, 11) is 0. The number of carbonyl (C=O) groups is 1. The summed E-state index contributed by atoms with van der Waals surface area (Å²) in [5.41, 5.74) is -0.963. The van der Waals surface area contributed by atoms with Crippen molar-refractivity contribution < 1.29 is 18.7 Å². The van der Waals surface area contributed by atoms with Crippen molar-refractivity contribution in [2.75, 3.05) is 0 Å². The van der Waals surface area contributed by atoms with E-state index in [1.165, 1.54) is 11.8 Å². The van der Waals surface area contributed by atoms with Gasteiger partial charge in [0.15, 0.2) is 0 Å². The highest BCUT2D eigenvalue weighted by molar-refractivity contribution is 8.00. The van der Waals surface area contributed by atoms with Crippen molar-refractivity contribution in [1.82, 2.24) is 5.32 Å². The molecule has 2 atom stereocenters. The first-order valence-electron chi connectivity index (χ1n) is 6.95. The van der Waals surface area contributed by atoms with Gasteiger partial charge in [0.2, 0.25) is 0 Å². The summed E-state index contributed by atoms with van der Waals surface area (Å²) in [6, 6.07) is 3.39. The van der Waals surface area contributed by atoms with Gasteiger partial charge in [-0.25, -0.2) is 8.78 Å². The largest absolute Gasteiger partial charge is 0.480 e. The Morgan fingerprint density at radius 1 is 1.48 bits per heavy atom. The van der Waals surface area contributed by atoms with Gasteiger partial charge < -0.3 is 5.11 Å². The lowest BCUT2D eigenvalue weighted by Crippen LogP contribution is -2.53. The topological polar surface area (TPSA) is 49.3 Å². The van der Waals surface area contributed by atoms with Crippen LogP contribution in [0.5, 0.6) is 0 Å². The molecular weight excluding hydrogens is 296 g/mol. The van der Waals surface area contributed by atoms with Crippen LogP contribution >= 0.6 is 11.8 Å². The molecule has 2 rings (SSSR count). The van der Waals surface area contributed by atoms with Crippen LogP contribution in [0.4, 0.5) is 8.78 Å². The number of nitrogens with one attached hydrogen (secondary N) is 1. The molecule has 21 heavy (non-hydrogen) atoms. The van der Waals surface area contributed by atoms with Gasteiger partial charge >= 0.3 is 5.97 Å². The minimum absolute atomic E-state index is 0.0383. The van der Waals surface area contributed by atoms with Gasteiger partial charge in [0.1, 0.15) is 17.2 Å². The molecule has 116 valence electrons. The molecule has 1 aromatic rings. The highest BCUT2D eigenvalue weighted by Crippen LogP contribution is 2.41. The van der Waals surface area contributed by atoms with E-state index in [2.05, 4.69) is 5.32 Å². The summed E-state index contributed by atoms with van der Waals surface area (Å²) in [6.45, 7) is 3.80. The van der Waals surface area contributed by atoms with Gasteiger partial charge in [0.05, 0.1) is 0 Å². The number of hydrogen-bond acceptors (Lipinski definition) is 3. The standard InChI is InChI=1S/C15H19F2NO2S/c1-9(2)18-15(14(19)20)6-5-11(8-15)21-13-7-10(16)3-4-12(13)17/h3-4,7,9,11,18H,5-6,8H2,1-2H3,(H,19,20). The van der Waals surface area contributed by atoms with E-state index in [4.69, 9.17) is 0 Å². The second-order valence-electron chi connectivity index (χ2n) is 5.74. The van der Waals surface area contributed by atoms with Crippen LogP contribution in [-0.2, 0) is 4.79 Å². The lowest BCUT2D eigenvalue weighted by Gasteiger charge is -2.28. The second-order valence-corrected chi connectivity index (χ2v) is 7.09. The summed E-state index contributed by atoms with van der Waals surface area (Å²) < 4.78 is 26.9. The summed E-state index contributed by atoms with van der Waals surface area (Å²) in [4.78, 5) is 11.8. The molecule has 1 aromatic carbocycles. The van der Waals surface area contributed by atoms with Crippen LogP contribution in [0.1, 0.15) is 33.1 Å². The SMILES string of the molecule is CC(C)NC1(C(=O)O)CCC(Sc2cc(F)ccc2F)C1. The van der Waals surface area contributed by atoms with Gasteiger partial charge in [0, 0.05) is 16.2 Å². The molecule has 3 nitrogen and oxygen atoms in total. The van der Waals surface area contributed by atoms with Crippen LogP contribution in [0.2, 0.25) is 0 Å². The molecular formula is C15H19F2NO2S. The van der Waals surface area contributed by atoms with E-state index in [0.29, 0.717) is 19.3 Å². The quantitative estimate of drug-likeness (QED) is 0.874. The smallest absolute Gasteiger partial charge is 0.323 e. The van der Waals surface area contributed by atoms with E-state index in [-0.39, 0.29) is 16.2 Å². The van der Waals surface area contributed by atoms with Crippen molar-refractivity contribution in [3.8, 4) is 0 Å². The Kier molecular flexibility index (Phi) is 4.88. The third kappa shape index (κ3) is 3.74. The lowest BCUT2D eigenvalue weighted by atomic mass is 9.97.